The lowest BCUT2D eigenvalue weighted by Crippen LogP contribution is -2.09. The number of nitrogen functional groups attached to an aromatic ring is 1. The SMILES string of the molecule is NNc1ncnc2ccc([N+](=O)[O-])cc12. The van der Waals surface area contributed by atoms with Gasteiger partial charge in [0.05, 0.1) is 15.8 Å². The van der Waals surface area contributed by atoms with Gasteiger partial charge in [0.15, 0.2) is 5.82 Å². The van der Waals surface area contributed by atoms with E-state index in [1.54, 1.807) is 6.07 Å². The van der Waals surface area contributed by atoms with Crippen molar-refractivity contribution in [1.29, 1.82) is 0 Å². The molecular weight excluding hydrogens is 198 g/mol. The van der Waals surface area contributed by atoms with Crippen LogP contribution in [0, 0.1) is 10.1 Å². The van der Waals surface area contributed by atoms with Gasteiger partial charge >= 0.3 is 0 Å². The van der Waals surface area contributed by atoms with Crippen LogP contribution in [0.15, 0.2) is 24.5 Å². The number of hydrogen-bond donors (Lipinski definition) is 2. The lowest BCUT2D eigenvalue weighted by atomic mass is 10.2. The summed E-state index contributed by atoms with van der Waals surface area (Å²) < 4.78 is 0. The predicted octanol–water partition coefficient (Wildman–Crippen LogP) is 0.824. The summed E-state index contributed by atoms with van der Waals surface area (Å²) in [4.78, 5) is 17.9. The minimum Gasteiger partial charge on any atom is -0.308 e. The van der Waals surface area contributed by atoms with Crippen molar-refractivity contribution in [3.05, 3.63) is 34.6 Å². The van der Waals surface area contributed by atoms with Crippen molar-refractivity contribution >= 4 is 22.4 Å². The van der Waals surface area contributed by atoms with Gasteiger partial charge in [0, 0.05) is 12.1 Å². The molecule has 0 fully saturated rings. The number of aromatic nitrogens is 2. The number of benzene rings is 1. The predicted molar refractivity (Wildman–Crippen MR) is 54.0 cm³/mol. The van der Waals surface area contributed by atoms with Crippen LogP contribution in [0.2, 0.25) is 0 Å². The normalized spacial score (nSPS) is 10.2. The lowest BCUT2D eigenvalue weighted by molar-refractivity contribution is -0.384. The van der Waals surface area contributed by atoms with Gasteiger partial charge in [0.2, 0.25) is 0 Å². The molecule has 0 saturated heterocycles. The second kappa shape index (κ2) is 3.46. The summed E-state index contributed by atoms with van der Waals surface area (Å²) in [6.07, 6.45) is 1.34. The molecular formula is C8H7N5O2. The molecule has 7 nitrogen and oxygen atoms in total. The molecule has 15 heavy (non-hydrogen) atoms. The first kappa shape index (κ1) is 9.28. The molecule has 2 rings (SSSR count). The van der Waals surface area contributed by atoms with Crippen molar-refractivity contribution in [2.24, 2.45) is 5.84 Å². The van der Waals surface area contributed by atoms with Crippen LogP contribution in [0.1, 0.15) is 0 Å². The molecule has 1 heterocycles. The summed E-state index contributed by atoms with van der Waals surface area (Å²) in [5, 5.41) is 11.1. The number of nitro benzene ring substituents is 1. The minimum absolute atomic E-state index is 0.0196. The summed E-state index contributed by atoms with van der Waals surface area (Å²) in [7, 11) is 0. The Kier molecular flexibility index (Phi) is 2.14. The zero-order valence-corrected chi connectivity index (χ0v) is 7.54. The standard InChI is InChI=1S/C8H7N5O2/c9-12-8-6-3-5(13(14)15)1-2-7(6)10-4-11-8/h1-4H,9H2,(H,10,11,12). The maximum Gasteiger partial charge on any atom is 0.270 e. The van der Waals surface area contributed by atoms with E-state index in [2.05, 4.69) is 15.4 Å². The lowest BCUT2D eigenvalue weighted by Gasteiger charge is -2.02. The van der Waals surface area contributed by atoms with E-state index in [-0.39, 0.29) is 5.69 Å². The van der Waals surface area contributed by atoms with Gasteiger partial charge in [-0.05, 0) is 6.07 Å². The Morgan fingerprint density at radius 1 is 1.40 bits per heavy atom. The van der Waals surface area contributed by atoms with Crippen molar-refractivity contribution in [3.63, 3.8) is 0 Å². The maximum absolute atomic E-state index is 10.6. The summed E-state index contributed by atoms with van der Waals surface area (Å²) in [5.41, 5.74) is 2.94. The van der Waals surface area contributed by atoms with Gasteiger partial charge in [-0.1, -0.05) is 0 Å². The Bertz CT molecular complexity index is 527. The topological polar surface area (TPSA) is 107 Å². The highest BCUT2D eigenvalue weighted by atomic mass is 16.6. The van der Waals surface area contributed by atoms with Crippen molar-refractivity contribution < 1.29 is 4.92 Å². The number of hydrazine groups is 1. The second-order valence-corrected chi connectivity index (χ2v) is 2.83. The molecule has 0 aliphatic heterocycles. The molecule has 0 aliphatic carbocycles. The summed E-state index contributed by atoms with van der Waals surface area (Å²) in [6, 6.07) is 4.32. The molecule has 1 aromatic heterocycles. The number of hydrogen-bond acceptors (Lipinski definition) is 6. The highest BCUT2D eigenvalue weighted by molar-refractivity contribution is 5.90. The minimum atomic E-state index is -0.479. The van der Waals surface area contributed by atoms with Crippen molar-refractivity contribution in [2.75, 3.05) is 5.43 Å². The average Bonchev–Trinajstić information content (AvgIpc) is 2.27. The summed E-state index contributed by atoms with van der Waals surface area (Å²) in [5.74, 6) is 5.60. The quantitative estimate of drug-likeness (QED) is 0.427. The van der Waals surface area contributed by atoms with E-state index in [1.165, 1.54) is 18.5 Å². The molecule has 0 spiro atoms. The first-order valence-corrected chi connectivity index (χ1v) is 4.08. The Balaban J connectivity index is 2.72. The van der Waals surface area contributed by atoms with Gasteiger partial charge < -0.3 is 5.43 Å². The maximum atomic E-state index is 10.6. The summed E-state index contributed by atoms with van der Waals surface area (Å²) in [6.45, 7) is 0. The molecule has 0 atom stereocenters. The van der Waals surface area contributed by atoms with Crippen LogP contribution in [0.25, 0.3) is 10.9 Å². The second-order valence-electron chi connectivity index (χ2n) is 2.83. The van der Waals surface area contributed by atoms with E-state index >= 15 is 0 Å². The van der Waals surface area contributed by atoms with Crippen LogP contribution >= 0.6 is 0 Å². The van der Waals surface area contributed by atoms with Gasteiger partial charge in [-0.2, -0.15) is 0 Å². The van der Waals surface area contributed by atoms with Gasteiger partial charge in [-0.25, -0.2) is 15.8 Å². The fourth-order valence-electron chi connectivity index (χ4n) is 1.27. The third kappa shape index (κ3) is 1.55. The van der Waals surface area contributed by atoms with Crippen LogP contribution < -0.4 is 11.3 Å². The Labute approximate surface area is 84.1 Å². The Hall–Kier alpha value is -2.28. The van der Waals surface area contributed by atoms with E-state index in [0.29, 0.717) is 16.7 Å². The summed E-state index contributed by atoms with van der Waals surface area (Å²) >= 11 is 0. The van der Waals surface area contributed by atoms with E-state index in [4.69, 9.17) is 5.84 Å². The Morgan fingerprint density at radius 3 is 2.87 bits per heavy atom. The highest BCUT2D eigenvalue weighted by Crippen LogP contribution is 2.23. The molecule has 3 N–H and O–H groups in total. The molecule has 2 aromatic rings. The number of anilines is 1. The van der Waals surface area contributed by atoms with Crippen molar-refractivity contribution in [1.82, 2.24) is 9.97 Å². The van der Waals surface area contributed by atoms with Crippen LogP contribution in [-0.4, -0.2) is 14.9 Å². The third-order valence-electron chi connectivity index (χ3n) is 1.97. The van der Waals surface area contributed by atoms with Crippen LogP contribution in [0.4, 0.5) is 11.5 Å². The van der Waals surface area contributed by atoms with Gasteiger partial charge in [-0.15, -0.1) is 0 Å². The first-order valence-electron chi connectivity index (χ1n) is 4.08. The van der Waals surface area contributed by atoms with Gasteiger partial charge in [0.1, 0.15) is 6.33 Å². The third-order valence-corrected chi connectivity index (χ3v) is 1.97. The molecule has 0 saturated carbocycles. The Morgan fingerprint density at radius 2 is 2.20 bits per heavy atom. The molecule has 0 radical (unpaired) electrons. The number of nitrogens with one attached hydrogen (secondary N) is 1. The number of non-ortho nitro benzene ring substituents is 1. The van der Waals surface area contributed by atoms with Gasteiger partial charge in [-0.3, -0.25) is 10.1 Å². The van der Waals surface area contributed by atoms with Crippen LogP contribution in [0.3, 0.4) is 0 Å². The smallest absolute Gasteiger partial charge is 0.270 e. The molecule has 0 unspecified atom stereocenters. The van der Waals surface area contributed by atoms with E-state index < -0.39 is 4.92 Å². The number of fused-ring (bicyclic) bond motifs is 1. The van der Waals surface area contributed by atoms with Crippen LogP contribution in [-0.2, 0) is 0 Å². The van der Waals surface area contributed by atoms with E-state index in [0.717, 1.165) is 0 Å². The largest absolute Gasteiger partial charge is 0.308 e. The molecule has 0 aliphatic rings. The monoisotopic (exact) mass is 205 g/mol. The van der Waals surface area contributed by atoms with Gasteiger partial charge in [0.25, 0.3) is 5.69 Å². The molecule has 0 amide bonds. The fraction of sp³-hybridized carbons (Fsp3) is 0. The zero-order valence-electron chi connectivity index (χ0n) is 7.54. The number of rotatable bonds is 2. The van der Waals surface area contributed by atoms with Crippen LogP contribution in [0.5, 0.6) is 0 Å². The number of nitro groups is 1. The van der Waals surface area contributed by atoms with E-state index in [1.807, 2.05) is 0 Å². The number of nitrogens with zero attached hydrogens (tertiary/aromatic N) is 3. The van der Waals surface area contributed by atoms with Crippen molar-refractivity contribution in [3.8, 4) is 0 Å². The highest BCUT2D eigenvalue weighted by Gasteiger charge is 2.09. The average molecular weight is 205 g/mol. The molecule has 76 valence electrons. The van der Waals surface area contributed by atoms with Crippen molar-refractivity contribution in [2.45, 2.75) is 0 Å². The molecule has 0 bridgehead atoms. The molecule has 1 aromatic carbocycles. The zero-order chi connectivity index (χ0) is 10.8. The fourth-order valence-corrected chi connectivity index (χ4v) is 1.27. The first-order chi connectivity index (χ1) is 7.22. The van der Waals surface area contributed by atoms with E-state index in [9.17, 15) is 10.1 Å². The molecule has 7 heteroatoms. The number of nitrogens with two attached hydrogens (primary N) is 1.